The van der Waals surface area contributed by atoms with Gasteiger partial charge < -0.3 is 0 Å². The molecule has 0 spiro atoms. The summed E-state index contributed by atoms with van der Waals surface area (Å²) in [6, 6.07) is 5.89. The Balaban J connectivity index is 2.93. The fourth-order valence-corrected chi connectivity index (χ4v) is 1.34. The first kappa shape index (κ1) is 6.09. The van der Waals surface area contributed by atoms with Crippen molar-refractivity contribution in [2.45, 2.75) is 0 Å². The van der Waals surface area contributed by atoms with Gasteiger partial charge in [0.05, 0.1) is 0 Å². The number of nitrogens with zero attached hydrogens (tertiary/aromatic N) is 3. The Morgan fingerprint density at radius 1 is 1.40 bits per heavy atom. The molecular weight excluding hydrogens is 241 g/mol. The van der Waals surface area contributed by atoms with Gasteiger partial charge in [0.25, 0.3) is 0 Å². The molecule has 0 N–H and O–H groups in total. The lowest BCUT2D eigenvalue weighted by atomic mass is 10.4. The molecule has 2 heterocycles. The van der Waals surface area contributed by atoms with E-state index in [4.69, 9.17) is 0 Å². The average molecular weight is 245 g/mol. The third-order valence-electron chi connectivity index (χ3n) is 1.28. The third-order valence-corrected chi connectivity index (χ3v) is 2.05. The van der Waals surface area contributed by atoms with Gasteiger partial charge in [0.2, 0.25) is 0 Å². The van der Waals surface area contributed by atoms with Gasteiger partial charge in [0.1, 0.15) is 5.52 Å². The van der Waals surface area contributed by atoms with Crippen LogP contribution in [0.2, 0.25) is 0 Å². The van der Waals surface area contributed by atoms with Crippen LogP contribution in [0, 0.1) is 3.70 Å². The van der Waals surface area contributed by atoms with Crippen molar-refractivity contribution in [1.29, 1.82) is 0 Å². The van der Waals surface area contributed by atoms with Crippen LogP contribution in [0.15, 0.2) is 24.4 Å². The normalized spacial score (nSPS) is 10.5. The van der Waals surface area contributed by atoms with Gasteiger partial charge in [-0.2, -0.15) is 0 Å². The van der Waals surface area contributed by atoms with Crippen LogP contribution in [0.4, 0.5) is 0 Å². The fourth-order valence-electron chi connectivity index (χ4n) is 0.815. The third kappa shape index (κ3) is 0.792. The summed E-state index contributed by atoms with van der Waals surface area (Å²) < 4.78 is 2.69. The highest BCUT2D eigenvalue weighted by Gasteiger charge is 1.97. The van der Waals surface area contributed by atoms with Crippen LogP contribution in [0.1, 0.15) is 0 Å². The van der Waals surface area contributed by atoms with E-state index in [-0.39, 0.29) is 0 Å². The topological polar surface area (TPSA) is 30.2 Å². The molecule has 0 aliphatic rings. The lowest BCUT2D eigenvalue weighted by molar-refractivity contribution is 0.851. The maximum Gasteiger partial charge on any atom is 0.151 e. The molecule has 2 rings (SSSR count). The van der Waals surface area contributed by atoms with E-state index < -0.39 is 0 Å². The summed E-state index contributed by atoms with van der Waals surface area (Å²) in [6.45, 7) is 0. The van der Waals surface area contributed by atoms with Crippen molar-refractivity contribution in [3.63, 3.8) is 0 Å². The molecule has 2 aromatic heterocycles. The second-order valence-corrected chi connectivity index (χ2v) is 2.93. The quantitative estimate of drug-likeness (QED) is 0.655. The molecule has 0 fully saturated rings. The molecule has 4 heteroatoms. The lowest BCUT2D eigenvalue weighted by Gasteiger charge is -1.86. The van der Waals surface area contributed by atoms with Gasteiger partial charge in [0.15, 0.2) is 3.70 Å². The largest absolute Gasteiger partial charge is 0.220 e. The molecule has 0 aliphatic heterocycles. The number of hydrogen-bond donors (Lipinski definition) is 0. The number of aromatic nitrogens is 3. The molecule has 0 atom stereocenters. The summed E-state index contributed by atoms with van der Waals surface area (Å²) in [7, 11) is 0. The molecule has 0 saturated heterocycles. The standard InChI is InChI=1S/C6H4IN3/c7-6-5-3-1-2-4-10(5)9-8-6/h1-4H. The minimum atomic E-state index is 0.943. The van der Waals surface area contributed by atoms with Crippen molar-refractivity contribution in [1.82, 2.24) is 14.8 Å². The average Bonchev–Trinajstić information content (AvgIpc) is 2.34. The van der Waals surface area contributed by atoms with E-state index in [1.165, 1.54) is 0 Å². The van der Waals surface area contributed by atoms with Gasteiger partial charge in [-0.05, 0) is 34.7 Å². The zero-order valence-electron chi connectivity index (χ0n) is 5.03. The fraction of sp³-hybridized carbons (Fsp3) is 0. The van der Waals surface area contributed by atoms with E-state index in [9.17, 15) is 0 Å². The van der Waals surface area contributed by atoms with Gasteiger partial charge in [-0.25, -0.2) is 4.52 Å². The zero-order chi connectivity index (χ0) is 6.97. The summed E-state index contributed by atoms with van der Waals surface area (Å²) in [6.07, 6.45) is 1.88. The number of halogens is 1. The first-order chi connectivity index (χ1) is 4.88. The van der Waals surface area contributed by atoms with Crippen LogP contribution in [0.25, 0.3) is 5.52 Å². The Bertz CT molecular complexity index is 355. The van der Waals surface area contributed by atoms with Crippen molar-refractivity contribution in [3.05, 3.63) is 28.1 Å². The van der Waals surface area contributed by atoms with Crippen LogP contribution >= 0.6 is 22.6 Å². The van der Waals surface area contributed by atoms with Gasteiger partial charge in [-0.3, -0.25) is 0 Å². The molecule has 2 aromatic rings. The van der Waals surface area contributed by atoms with Gasteiger partial charge in [0, 0.05) is 6.20 Å². The molecule has 0 unspecified atom stereocenters. The van der Waals surface area contributed by atoms with E-state index in [0.29, 0.717) is 0 Å². The van der Waals surface area contributed by atoms with E-state index in [0.717, 1.165) is 9.22 Å². The molecule has 0 bridgehead atoms. The Kier molecular flexibility index (Phi) is 1.33. The monoisotopic (exact) mass is 245 g/mol. The molecule has 3 nitrogen and oxygen atoms in total. The lowest BCUT2D eigenvalue weighted by Crippen LogP contribution is -1.83. The summed E-state index contributed by atoms with van der Waals surface area (Å²) in [4.78, 5) is 0. The molecule has 50 valence electrons. The van der Waals surface area contributed by atoms with Crippen molar-refractivity contribution in [2.24, 2.45) is 0 Å². The van der Waals surface area contributed by atoms with Gasteiger partial charge in [-0.15, -0.1) is 5.10 Å². The van der Waals surface area contributed by atoms with E-state index in [2.05, 4.69) is 32.9 Å². The molecule has 0 saturated carbocycles. The number of rotatable bonds is 0. The Morgan fingerprint density at radius 3 is 3.10 bits per heavy atom. The van der Waals surface area contributed by atoms with Gasteiger partial charge >= 0.3 is 0 Å². The van der Waals surface area contributed by atoms with Crippen molar-refractivity contribution in [3.8, 4) is 0 Å². The van der Waals surface area contributed by atoms with E-state index in [1.807, 2.05) is 24.4 Å². The smallest absolute Gasteiger partial charge is 0.151 e. The second kappa shape index (κ2) is 2.19. The Morgan fingerprint density at radius 2 is 2.30 bits per heavy atom. The zero-order valence-corrected chi connectivity index (χ0v) is 7.19. The minimum Gasteiger partial charge on any atom is -0.220 e. The highest BCUT2D eigenvalue weighted by molar-refractivity contribution is 14.1. The summed E-state index contributed by atoms with van der Waals surface area (Å²) in [5, 5.41) is 7.77. The highest BCUT2D eigenvalue weighted by Crippen LogP contribution is 2.07. The Labute approximate surface area is 71.2 Å². The second-order valence-electron chi connectivity index (χ2n) is 1.91. The minimum absolute atomic E-state index is 0.943. The first-order valence-electron chi connectivity index (χ1n) is 2.83. The van der Waals surface area contributed by atoms with Crippen molar-refractivity contribution in [2.75, 3.05) is 0 Å². The highest BCUT2D eigenvalue weighted by atomic mass is 127. The maximum atomic E-state index is 3.90. The number of hydrogen-bond acceptors (Lipinski definition) is 2. The number of fused-ring (bicyclic) bond motifs is 1. The van der Waals surface area contributed by atoms with Crippen molar-refractivity contribution >= 4 is 28.1 Å². The number of pyridine rings is 1. The SMILES string of the molecule is Ic1nnn2ccccc12. The predicted octanol–water partition coefficient (Wildman–Crippen LogP) is 1.33. The molecule has 0 aliphatic carbocycles. The maximum absolute atomic E-state index is 3.90. The summed E-state index contributed by atoms with van der Waals surface area (Å²) in [5.41, 5.74) is 1.06. The van der Waals surface area contributed by atoms with Crippen molar-refractivity contribution < 1.29 is 0 Å². The summed E-state index contributed by atoms with van der Waals surface area (Å²) >= 11 is 2.16. The van der Waals surface area contributed by atoms with Gasteiger partial charge in [-0.1, -0.05) is 11.3 Å². The summed E-state index contributed by atoms with van der Waals surface area (Å²) in [5.74, 6) is 0. The van der Waals surface area contributed by atoms with Crippen LogP contribution < -0.4 is 0 Å². The molecular formula is C6H4IN3. The molecule has 0 radical (unpaired) electrons. The van der Waals surface area contributed by atoms with Crippen LogP contribution in [0.5, 0.6) is 0 Å². The molecule has 0 aromatic carbocycles. The van der Waals surface area contributed by atoms with Crippen LogP contribution in [-0.2, 0) is 0 Å². The van der Waals surface area contributed by atoms with E-state index in [1.54, 1.807) is 4.52 Å². The Hall–Kier alpha value is -0.650. The molecule has 0 amide bonds. The van der Waals surface area contributed by atoms with Crippen LogP contribution in [0.3, 0.4) is 0 Å². The van der Waals surface area contributed by atoms with E-state index >= 15 is 0 Å². The van der Waals surface area contributed by atoms with Crippen LogP contribution in [-0.4, -0.2) is 14.8 Å². The molecule has 10 heavy (non-hydrogen) atoms. The predicted molar refractivity (Wildman–Crippen MR) is 45.7 cm³/mol. The first-order valence-corrected chi connectivity index (χ1v) is 3.91.